The molecule has 3 rings (SSSR count). The van der Waals surface area contributed by atoms with Gasteiger partial charge in [-0.3, -0.25) is 14.4 Å². The van der Waals surface area contributed by atoms with Gasteiger partial charge in [0.25, 0.3) is 0 Å². The van der Waals surface area contributed by atoms with Crippen LogP contribution in [0.4, 0.5) is 0 Å². The van der Waals surface area contributed by atoms with Crippen LogP contribution in [-0.2, 0) is 19.1 Å². The molecule has 31 heavy (non-hydrogen) atoms. The van der Waals surface area contributed by atoms with Crippen LogP contribution in [0.15, 0.2) is 36.4 Å². The van der Waals surface area contributed by atoms with Gasteiger partial charge in [0.05, 0.1) is 23.9 Å². The third-order valence-corrected chi connectivity index (χ3v) is 5.32. The summed E-state index contributed by atoms with van der Waals surface area (Å²) in [5.41, 5.74) is 0.762. The third kappa shape index (κ3) is 4.71. The normalized spacial score (nSPS) is 11.0. The van der Waals surface area contributed by atoms with Crippen molar-refractivity contribution in [3.63, 3.8) is 0 Å². The van der Waals surface area contributed by atoms with Crippen molar-refractivity contribution in [2.75, 3.05) is 13.2 Å². The molecule has 0 aliphatic heterocycles. The van der Waals surface area contributed by atoms with E-state index in [-0.39, 0.29) is 35.1 Å². The van der Waals surface area contributed by atoms with Crippen LogP contribution in [0.1, 0.15) is 41.4 Å². The number of carbonyl (C=O) groups excluding carboxylic acids is 3. The molecule has 0 aliphatic carbocycles. The molecule has 1 heterocycles. The van der Waals surface area contributed by atoms with E-state index in [0.717, 1.165) is 0 Å². The molecular formula is C22H18Cl3NO5. The molecule has 0 spiro atoms. The van der Waals surface area contributed by atoms with Crippen LogP contribution in [0.2, 0.25) is 15.1 Å². The highest BCUT2D eigenvalue weighted by Gasteiger charge is 2.38. The molecule has 0 bridgehead atoms. The molecule has 2 aromatic carbocycles. The van der Waals surface area contributed by atoms with Crippen molar-refractivity contribution in [1.82, 2.24) is 4.98 Å². The van der Waals surface area contributed by atoms with E-state index in [0.29, 0.717) is 20.9 Å². The monoisotopic (exact) mass is 481 g/mol. The second-order valence-corrected chi connectivity index (χ2v) is 7.77. The summed E-state index contributed by atoms with van der Waals surface area (Å²) in [4.78, 5) is 41.9. The van der Waals surface area contributed by atoms with Crippen molar-refractivity contribution in [1.29, 1.82) is 0 Å². The number of rotatable bonds is 7. The summed E-state index contributed by atoms with van der Waals surface area (Å²) in [7, 11) is 0. The highest BCUT2D eigenvalue weighted by Crippen LogP contribution is 2.35. The molecule has 0 atom stereocenters. The zero-order valence-corrected chi connectivity index (χ0v) is 18.9. The van der Waals surface area contributed by atoms with E-state index in [4.69, 9.17) is 44.3 Å². The van der Waals surface area contributed by atoms with Crippen molar-refractivity contribution < 1.29 is 23.9 Å². The van der Waals surface area contributed by atoms with Gasteiger partial charge in [-0.05, 0) is 44.2 Å². The first kappa shape index (κ1) is 23.1. The predicted octanol–water partition coefficient (Wildman–Crippen LogP) is 5.57. The van der Waals surface area contributed by atoms with Gasteiger partial charge < -0.3 is 14.5 Å². The number of esters is 2. The first-order chi connectivity index (χ1) is 14.8. The van der Waals surface area contributed by atoms with Gasteiger partial charge in [-0.15, -0.1) is 0 Å². The minimum Gasteiger partial charge on any atom is -0.465 e. The highest BCUT2D eigenvalue weighted by molar-refractivity contribution is 6.37. The van der Waals surface area contributed by atoms with Crippen LogP contribution in [0.3, 0.4) is 0 Å². The number of ether oxygens (including phenoxy) is 2. The van der Waals surface area contributed by atoms with Gasteiger partial charge in [0.15, 0.2) is 5.92 Å². The molecular weight excluding hydrogens is 465 g/mol. The summed E-state index contributed by atoms with van der Waals surface area (Å²) >= 11 is 18.3. The summed E-state index contributed by atoms with van der Waals surface area (Å²) in [5.74, 6) is -3.65. The molecule has 0 radical (unpaired) electrons. The van der Waals surface area contributed by atoms with Gasteiger partial charge in [-0.1, -0.05) is 40.9 Å². The number of ketones is 1. The molecule has 0 fully saturated rings. The fourth-order valence-electron chi connectivity index (χ4n) is 3.26. The lowest BCUT2D eigenvalue weighted by atomic mass is 9.92. The Hall–Kier alpha value is -2.54. The Labute approximate surface area is 193 Å². The van der Waals surface area contributed by atoms with Gasteiger partial charge >= 0.3 is 11.9 Å². The number of aromatic nitrogens is 1. The fraction of sp³-hybridized carbons (Fsp3) is 0.227. The Bertz CT molecular complexity index is 1150. The number of nitrogens with one attached hydrogen (secondary N) is 1. The second-order valence-electron chi connectivity index (χ2n) is 6.49. The largest absolute Gasteiger partial charge is 0.465 e. The lowest BCUT2D eigenvalue weighted by molar-refractivity contribution is -0.156. The van der Waals surface area contributed by atoms with Crippen LogP contribution in [0.5, 0.6) is 0 Å². The van der Waals surface area contributed by atoms with E-state index in [1.54, 1.807) is 32.0 Å². The molecule has 9 heteroatoms. The minimum absolute atomic E-state index is 0.00703. The molecule has 0 saturated carbocycles. The minimum atomic E-state index is -1.47. The quantitative estimate of drug-likeness (QED) is 0.270. The highest BCUT2D eigenvalue weighted by atomic mass is 35.5. The van der Waals surface area contributed by atoms with E-state index >= 15 is 0 Å². The smallest absolute Gasteiger partial charge is 0.324 e. The topological polar surface area (TPSA) is 85.5 Å². The molecule has 3 aromatic rings. The first-order valence-electron chi connectivity index (χ1n) is 9.42. The number of aromatic amines is 1. The van der Waals surface area contributed by atoms with E-state index < -0.39 is 23.6 Å². The molecule has 0 aliphatic rings. The number of carbonyl (C=O) groups is 3. The molecule has 1 aromatic heterocycles. The third-order valence-electron chi connectivity index (χ3n) is 4.54. The van der Waals surface area contributed by atoms with Crippen LogP contribution in [0, 0.1) is 0 Å². The predicted molar refractivity (Wildman–Crippen MR) is 119 cm³/mol. The number of fused-ring (bicyclic) bond motifs is 1. The van der Waals surface area contributed by atoms with Gasteiger partial charge in [0.1, 0.15) is 0 Å². The number of benzene rings is 2. The van der Waals surface area contributed by atoms with Crippen molar-refractivity contribution in [3.8, 4) is 0 Å². The Kier molecular flexibility index (Phi) is 7.26. The van der Waals surface area contributed by atoms with Gasteiger partial charge in [-0.2, -0.15) is 0 Å². The zero-order chi connectivity index (χ0) is 22.7. The van der Waals surface area contributed by atoms with Crippen LogP contribution in [-0.4, -0.2) is 35.9 Å². The summed E-state index contributed by atoms with van der Waals surface area (Å²) < 4.78 is 10.2. The lowest BCUT2D eigenvalue weighted by Gasteiger charge is -2.16. The Balaban J connectivity index is 2.28. The Morgan fingerprint density at radius 1 is 0.903 bits per heavy atom. The number of H-pyrrole nitrogens is 1. The van der Waals surface area contributed by atoms with E-state index in [1.165, 1.54) is 18.2 Å². The summed E-state index contributed by atoms with van der Waals surface area (Å²) in [5, 5.41) is 1.36. The van der Waals surface area contributed by atoms with Gasteiger partial charge in [-0.25, -0.2) is 0 Å². The lowest BCUT2D eigenvalue weighted by Crippen LogP contribution is -2.27. The van der Waals surface area contributed by atoms with Gasteiger partial charge in [0.2, 0.25) is 5.78 Å². The number of halogens is 3. The van der Waals surface area contributed by atoms with Crippen LogP contribution >= 0.6 is 34.8 Å². The fourth-order valence-corrected chi connectivity index (χ4v) is 3.93. The van der Waals surface area contributed by atoms with E-state index in [1.807, 2.05) is 0 Å². The molecule has 1 N–H and O–H groups in total. The zero-order valence-electron chi connectivity index (χ0n) is 16.6. The maximum atomic E-state index is 13.4. The number of hydrogen-bond acceptors (Lipinski definition) is 5. The van der Waals surface area contributed by atoms with Crippen molar-refractivity contribution in [3.05, 3.63) is 68.3 Å². The average Bonchev–Trinajstić information content (AvgIpc) is 3.06. The Morgan fingerprint density at radius 3 is 2.06 bits per heavy atom. The van der Waals surface area contributed by atoms with Crippen molar-refractivity contribution in [2.45, 2.75) is 19.8 Å². The Morgan fingerprint density at radius 2 is 1.48 bits per heavy atom. The summed E-state index contributed by atoms with van der Waals surface area (Å²) in [6, 6.07) is 9.23. The first-order valence-corrected chi connectivity index (χ1v) is 10.6. The van der Waals surface area contributed by atoms with E-state index in [2.05, 4.69) is 4.98 Å². The summed E-state index contributed by atoms with van der Waals surface area (Å²) in [6.07, 6.45) is 0. The molecule has 0 saturated heterocycles. The SMILES string of the molecule is CCOC(=O)C(C(=O)OCC)c1c(C(=O)c2ccc(Cl)cc2Cl)[nH]c2cc(Cl)ccc12. The standard InChI is InChI=1S/C22H18Cl3NO5/c1-3-30-21(28)18(22(29)31-4-2)17-14-8-6-12(24)10-16(14)26-19(17)20(27)13-7-5-11(23)9-15(13)25/h5-10,18,26H,3-4H2,1-2H3. The maximum Gasteiger partial charge on any atom is 0.324 e. The molecule has 162 valence electrons. The van der Waals surface area contributed by atoms with Crippen molar-refractivity contribution >= 4 is 63.4 Å². The number of hydrogen-bond donors (Lipinski definition) is 1. The summed E-state index contributed by atoms with van der Waals surface area (Å²) in [6.45, 7) is 3.34. The molecule has 0 unspecified atom stereocenters. The van der Waals surface area contributed by atoms with Gasteiger partial charge in [0, 0.05) is 32.1 Å². The molecule has 0 amide bonds. The van der Waals surface area contributed by atoms with Crippen LogP contribution < -0.4 is 0 Å². The molecule has 6 nitrogen and oxygen atoms in total. The maximum absolute atomic E-state index is 13.4. The van der Waals surface area contributed by atoms with Crippen LogP contribution in [0.25, 0.3) is 10.9 Å². The second kappa shape index (κ2) is 9.73. The van der Waals surface area contributed by atoms with E-state index in [9.17, 15) is 14.4 Å². The van der Waals surface area contributed by atoms with Crippen molar-refractivity contribution in [2.24, 2.45) is 0 Å². The average molecular weight is 483 g/mol.